The fraction of sp³-hybridized carbons (Fsp3) is 0.550. The molecule has 2 amide bonds. The standard InChI is InChI=1S/C20H20F6N4O4/c1-2-12-9-28(5-6-29(12)18(32)33)16(31)15-10-30(17(34-15)20(24,25)26)13-4-3-11(8-27)14(7-13)19(21,22)23/h3-4,7,12,15,17H,2,5-6,9-10H2,1H3,(H,32,33). The zero-order valence-electron chi connectivity index (χ0n) is 17.7. The van der Waals surface area contributed by atoms with Crippen LogP contribution in [0.2, 0.25) is 0 Å². The van der Waals surface area contributed by atoms with Gasteiger partial charge in [-0.05, 0) is 24.6 Å². The molecule has 2 aliphatic heterocycles. The lowest BCUT2D eigenvalue weighted by Gasteiger charge is -2.40. The van der Waals surface area contributed by atoms with Crippen LogP contribution in [0, 0.1) is 11.3 Å². The second-order valence-corrected chi connectivity index (χ2v) is 7.83. The number of piperazine rings is 1. The van der Waals surface area contributed by atoms with Gasteiger partial charge in [0.15, 0.2) is 6.10 Å². The number of rotatable bonds is 3. The number of carbonyl (C=O) groups excluding carboxylic acids is 1. The van der Waals surface area contributed by atoms with E-state index in [0.29, 0.717) is 17.4 Å². The van der Waals surface area contributed by atoms with Crippen molar-refractivity contribution in [3.63, 3.8) is 0 Å². The molecule has 2 saturated heterocycles. The van der Waals surface area contributed by atoms with E-state index >= 15 is 0 Å². The minimum absolute atomic E-state index is 0.0384. The van der Waals surface area contributed by atoms with Gasteiger partial charge in [0.05, 0.1) is 29.8 Å². The van der Waals surface area contributed by atoms with Gasteiger partial charge in [0, 0.05) is 25.3 Å². The van der Waals surface area contributed by atoms with Gasteiger partial charge < -0.3 is 24.5 Å². The van der Waals surface area contributed by atoms with Crippen LogP contribution < -0.4 is 4.90 Å². The molecule has 8 nitrogen and oxygen atoms in total. The van der Waals surface area contributed by atoms with Crippen molar-refractivity contribution in [1.82, 2.24) is 9.80 Å². The fourth-order valence-electron chi connectivity index (χ4n) is 4.08. The van der Waals surface area contributed by atoms with Gasteiger partial charge in [0.25, 0.3) is 5.91 Å². The number of hydrogen-bond acceptors (Lipinski definition) is 5. The Morgan fingerprint density at radius 3 is 2.38 bits per heavy atom. The first-order valence-corrected chi connectivity index (χ1v) is 10.2. The molecule has 0 spiro atoms. The lowest BCUT2D eigenvalue weighted by Crippen LogP contribution is -2.58. The zero-order valence-corrected chi connectivity index (χ0v) is 17.7. The molecular weight excluding hydrogens is 474 g/mol. The second-order valence-electron chi connectivity index (χ2n) is 7.83. The Labute approximate surface area is 189 Å². The number of halogens is 6. The predicted octanol–water partition coefficient (Wildman–Crippen LogP) is 3.27. The van der Waals surface area contributed by atoms with E-state index in [1.165, 1.54) is 11.0 Å². The Hall–Kier alpha value is -3.21. The number of carbonyl (C=O) groups is 2. The normalized spacial score (nSPS) is 23.7. The van der Waals surface area contributed by atoms with Crippen LogP contribution >= 0.6 is 0 Å². The summed E-state index contributed by atoms with van der Waals surface area (Å²) in [6.45, 7) is 0.872. The van der Waals surface area contributed by atoms with Crippen LogP contribution in [0.5, 0.6) is 0 Å². The third-order valence-corrected chi connectivity index (χ3v) is 5.77. The van der Waals surface area contributed by atoms with Crippen molar-refractivity contribution in [1.29, 1.82) is 5.26 Å². The number of anilines is 1. The maximum absolute atomic E-state index is 13.7. The van der Waals surface area contributed by atoms with Crippen LogP contribution in [0.25, 0.3) is 0 Å². The minimum atomic E-state index is -5.03. The Morgan fingerprint density at radius 2 is 1.85 bits per heavy atom. The SMILES string of the molecule is CCC1CN(C(=O)C2CN(c3ccc(C#N)c(C(F)(F)F)c3)C(C(F)(F)F)O2)CCN1C(=O)O. The van der Waals surface area contributed by atoms with Crippen molar-refractivity contribution in [2.24, 2.45) is 0 Å². The molecule has 3 unspecified atom stereocenters. The molecule has 2 fully saturated rings. The average Bonchev–Trinajstić information content (AvgIpc) is 3.23. The summed E-state index contributed by atoms with van der Waals surface area (Å²) in [5.41, 5.74) is -2.67. The molecule has 3 atom stereocenters. The van der Waals surface area contributed by atoms with Crippen molar-refractivity contribution >= 4 is 17.7 Å². The molecule has 3 rings (SSSR count). The van der Waals surface area contributed by atoms with Gasteiger partial charge in [0.1, 0.15) is 0 Å². The third kappa shape index (κ3) is 4.98. The molecule has 34 heavy (non-hydrogen) atoms. The highest BCUT2D eigenvalue weighted by Crippen LogP contribution is 2.39. The summed E-state index contributed by atoms with van der Waals surface area (Å²) in [4.78, 5) is 27.1. The first-order chi connectivity index (χ1) is 15.8. The van der Waals surface area contributed by atoms with E-state index in [0.717, 1.165) is 17.0 Å². The summed E-state index contributed by atoms with van der Waals surface area (Å²) < 4.78 is 85.9. The maximum Gasteiger partial charge on any atom is 0.433 e. The van der Waals surface area contributed by atoms with Crippen molar-refractivity contribution < 1.29 is 45.8 Å². The maximum atomic E-state index is 13.7. The van der Waals surface area contributed by atoms with Crippen LogP contribution in [0.1, 0.15) is 24.5 Å². The first-order valence-electron chi connectivity index (χ1n) is 10.2. The van der Waals surface area contributed by atoms with Gasteiger partial charge in [-0.15, -0.1) is 0 Å². The van der Waals surface area contributed by atoms with Gasteiger partial charge in [0.2, 0.25) is 6.23 Å². The molecule has 14 heteroatoms. The number of nitrogens with zero attached hydrogens (tertiary/aromatic N) is 4. The second kappa shape index (κ2) is 9.21. The smallest absolute Gasteiger partial charge is 0.433 e. The molecule has 1 N–H and O–H groups in total. The number of amides is 2. The van der Waals surface area contributed by atoms with Crippen LogP contribution in [-0.2, 0) is 15.7 Å². The molecule has 1 aromatic carbocycles. The summed E-state index contributed by atoms with van der Waals surface area (Å²) in [6, 6.07) is 2.91. The largest absolute Gasteiger partial charge is 0.465 e. The number of hydrogen-bond donors (Lipinski definition) is 1. The van der Waals surface area contributed by atoms with E-state index in [-0.39, 0.29) is 19.6 Å². The van der Waals surface area contributed by atoms with Crippen LogP contribution in [0.4, 0.5) is 36.8 Å². The first kappa shape index (κ1) is 25.4. The Morgan fingerprint density at radius 1 is 1.18 bits per heavy atom. The molecular formula is C20H20F6N4O4. The monoisotopic (exact) mass is 494 g/mol. The van der Waals surface area contributed by atoms with Gasteiger partial charge in [-0.1, -0.05) is 6.92 Å². The predicted molar refractivity (Wildman–Crippen MR) is 104 cm³/mol. The lowest BCUT2D eigenvalue weighted by molar-refractivity contribution is -0.215. The number of alkyl halides is 6. The molecule has 0 saturated carbocycles. The fourth-order valence-corrected chi connectivity index (χ4v) is 4.08. The Bertz CT molecular complexity index is 993. The topological polar surface area (TPSA) is 97.1 Å². The highest BCUT2D eigenvalue weighted by molar-refractivity contribution is 5.83. The number of nitriles is 1. The summed E-state index contributed by atoms with van der Waals surface area (Å²) in [6.07, 6.45) is -15.1. The molecule has 186 valence electrons. The summed E-state index contributed by atoms with van der Waals surface area (Å²) >= 11 is 0. The van der Waals surface area contributed by atoms with E-state index in [2.05, 4.69) is 0 Å². The lowest BCUT2D eigenvalue weighted by atomic mass is 10.1. The highest BCUT2D eigenvalue weighted by atomic mass is 19.4. The van der Waals surface area contributed by atoms with Gasteiger partial charge >= 0.3 is 18.4 Å². The van der Waals surface area contributed by atoms with E-state index in [4.69, 9.17) is 10.00 Å². The van der Waals surface area contributed by atoms with Gasteiger partial charge in [-0.3, -0.25) is 4.79 Å². The summed E-state index contributed by atoms with van der Waals surface area (Å²) in [7, 11) is 0. The summed E-state index contributed by atoms with van der Waals surface area (Å²) in [5.74, 6) is -0.815. The van der Waals surface area contributed by atoms with Gasteiger partial charge in [-0.2, -0.15) is 31.6 Å². The van der Waals surface area contributed by atoms with Crippen molar-refractivity contribution in [3.8, 4) is 6.07 Å². The third-order valence-electron chi connectivity index (χ3n) is 5.77. The number of benzene rings is 1. The quantitative estimate of drug-likeness (QED) is 0.648. The van der Waals surface area contributed by atoms with Crippen LogP contribution in [0.15, 0.2) is 18.2 Å². The van der Waals surface area contributed by atoms with E-state index in [1.54, 1.807) is 6.92 Å². The molecule has 2 aliphatic rings. The molecule has 2 heterocycles. The Balaban J connectivity index is 1.87. The van der Waals surface area contributed by atoms with Crippen LogP contribution in [0.3, 0.4) is 0 Å². The molecule has 0 radical (unpaired) electrons. The van der Waals surface area contributed by atoms with Crippen LogP contribution in [-0.4, -0.2) is 77.6 Å². The highest BCUT2D eigenvalue weighted by Gasteiger charge is 2.53. The molecule has 0 aliphatic carbocycles. The number of ether oxygens (including phenoxy) is 1. The van der Waals surface area contributed by atoms with Crippen molar-refractivity contribution in [2.45, 2.75) is 44.1 Å². The average molecular weight is 494 g/mol. The van der Waals surface area contributed by atoms with E-state index in [9.17, 15) is 41.0 Å². The minimum Gasteiger partial charge on any atom is -0.465 e. The molecule has 0 aromatic heterocycles. The number of carboxylic acid groups (broad SMARTS) is 1. The van der Waals surface area contributed by atoms with Crippen molar-refractivity contribution in [3.05, 3.63) is 29.3 Å². The van der Waals surface area contributed by atoms with E-state index < -0.39 is 66.1 Å². The Kier molecular flexibility index (Phi) is 6.88. The zero-order chi connectivity index (χ0) is 25.4. The van der Waals surface area contributed by atoms with E-state index in [1.807, 2.05) is 0 Å². The molecule has 0 bridgehead atoms. The van der Waals surface area contributed by atoms with Crippen molar-refractivity contribution in [2.75, 3.05) is 31.1 Å². The van der Waals surface area contributed by atoms with Gasteiger partial charge in [-0.25, -0.2) is 4.79 Å². The molecule has 1 aromatic rings. The summed E-state index contributed by atoms with van der Waals surface area (Å²) in [5, 5.41) is 18.2.